The Morgan fingerprint density at radius 3 is 2.86 bits per heavy atom. The molecule has 2 aromatic rings. The lowest BCUT2D eigenvalue weighted by atomic mass is 10.1. The van der Waals surface area contributed by atoms with Gasteiger partial charge in [-0.2, -0.15) is 5.10 Å². The van der Waals surface area contributed by atoms with Crippen LogP contribution in [-0.4, -0.2) is 38.8 Å². The molecule has 1 N–H and O–H groups in total. The third-order valence-corrected chi connectivity index (χ3v) is 4.84. The zero-order valence-corrected chi connectivity index (χ0v) is 13.0. The highest BCUT2D eigenvalue weighted by Crippen LogP contribution is 2.22. The molecule has 6 nitrogen and oxygen atoms in total. The summed E-state index contributed by atoms with van der Waals surface area (Å²) >= 11 is 7.36. The van der Waals surface area contributed by atoms with Crippen molar-refractivity contribution in [2.45, 2.75) is 25.4 Å². The zero-order valence-electron chi connectivity index (χ0n) is 11.4. The zero-order chi connectivity index (χ0) is 14.7. The van der Waals surface area contributed by atoms with Gasteiger partial charge in [0.05, 0.1) is 16.9 Å². The lowest BCUT2D eigenvalue weighted by Gasteiger charge is -2.31. The molecule has 1 saturated heterocycles. The van der Waals surface area contributed by atoms with Crippen LogP contribution in [0.25, 0.3) is 0 Å². The van der Waals surface area contributed by atoms with Crippen LogP contribution < -0.4 is 5.32 Å². The number of nitrogens with one attached hydrogen (secondary N) is 1. The van der Waals surface area contributed by atoms with Crippen LogP contribution in [0.5, 0.6) is 0 Å². The monoisotopic (exact) mass is 325 g/mol. The van der Waals surface area contributed by atoms with Crippen molar-refractivity contribution in [1.29, 1.82) is 0 Å². The molecule has 3 heterocycles. The molecule has 0 bridgehead atoms. The first-order valence-corrected chi connectivity index (χ1v) is 8.03. The minimum absolute atomic E-state index is 0.0171. The summed E-state index contributed by atoms with van der Waals surface area (Å²) in [5.74, 6) is 0. The van der Waals surface area contributed by atoms with Gasteiger partial charge in [-0.15, -0.1) is 11.3 Å². The molecule has 0 saturated carbocycles. The van der Waals surface area contributed by atoms with E-state index in [2.05, 4.69) is 15.4 Å². The maximum atomic E-state index is 12.1. The van der Waals surface area contributed by atoms with Gasteiger partial charge in [-0.05, 0) is 25.0 Å². The number of urea groups is 1. The molecule has 0 aromatic carbocycles. The Morgan fingerprint density at radius 2 is 2.24 bits per heavy atom. The highest BCUT2D eigenvalue weighted by molar-refractivity contribution is 7.16. The number of thiophene rings is 1. The van der Waals surface area contributed by atoms with Gasteiger partial charge in [0.2, 0.25) is 0 Å². The number of carbonyl (C=O) groups excluding carboxylic acids is 1. The van der Waals surface area contributed by atoms with Crippen LogP contribution in [0.3, 0.4) is 0 Å². The second kappa shape index (κ2) is 6.44. The molecule has 0 atom stereocenters. The molecular formula is C13H16ClN5OS. The average Bonchev–Trinajstić information content (AvgIpc) is 3.16. The van der Waals surface area contributed by atoms with E-state index in [9.17, 15) is 4.79 Å². The molecule has 1 fully saturated rings. The molecule has 0 unspecified atom stereocenters. The molecule has 2 amide bonds. The number of likely N-dealkylation sites (tertiary alicyclic amines) is 1. The van der Waals surface area contributed by atoms with E-state index < -0.39 is 0 Å². The van der Waals surface area contributed by atoms with Crippen LogP contribution in [0.1, 0.15) is 23.8 Å². The Kier molecular flexibility index (Phi) is 4.40. The topological polar surface area (TPSA) is 63.1 Å². The van der Waals surface area contributed by atoms with Crippen molar-refractivity contribution in [3.05, 3.63) is 34.0 Å². The van der Waals surface area contributed by atoms with Crippen molar-refractivity contribution >= 4 is 29.0 Å². The molecule has 1 aliphatic rings. The van der Waals surface area contributed by atoms with E-state index >= 15 is 0 Å². The molecule has 2 aromatic heterocycles. The second-order valence-corrected chi connectivity index (χ2v) is 6.76. The van der Waals surface area contributed by atoms with Crippen LogP contribution in [0, 0.1) is 0 Å². The van der Waals surface area contributed by atoms with Crippen molar-refractivity contribution in [1.82, 2.24) is 25.0 Å². The Hall–Kier alpha value is -1.60. The first kappa shape index (κ1) is 14.3. The fourth-order valence-electron chi connectivity index (χ4n) is 2.46. The van der Waals surface area contributed by atoms with E-state index in [1.54, 1.807) is 12.7 Å². The molecule has 0 radical (unpaired) electrons. The standard InChI is InChI=1S/C13H16ClN5OS/c14-12-2-1-11(21-12)7-16-13(20)18-5-3-10(4-6-18)19-9-15-8-17-19/h1-2,8-10H,3-7H2,(H,16,20). The minimum atomic E-state index is -0.0171. The van der Waals surface area contributed by atoms with Crippen LogP contribution in [0.2, 0.25) is 4.34 Å². The van der Waals surface area contributed by atoms with Gasteiger partial charge >= 0.3 is 6.03 Å². The van der Waals surface area contributed by atoms with E-state index in [1.165, 1.54) is 11.3 Å². The predicted molar refractivity (Wildman–Crippen MR) is 81.4 cm³/mol. The maximum Gasteiger partial charge on any atom is 0.317 e. The van der Waals surface area contributed by atoms with Gasteiger partial charge in [0.1, 0.15) is 12.7 Å². The number of amides is 2. The van der Waals surface area contributed by atoms with Gasteiger partial charge in [-0.25, -0.2) is 14.5 Å². The molecular weight excluding hydrogens is 310 g/mol. The Bertz CT molecular complexity index is 591. The fourth-order valence-corrected chi connectivity index (χ4v) is 3.49. The number of nitrogens with zero attached hydrogens (tertiary/aromatic N) is 4. The van der Waals surface area contributed by atoms with E-state index in [0.717, 1.165) is 35.1 Å². The van der Waals surface area contributed by atoms with Gasteiger partial charge in [-0.1, -0.05) is 11.6 Å². The first-order valence-electron chi connectivity index (χ1n) is 6.83. The summed E-state index contributed by atoms with van der Waals surface area (Å²) in [6.07, 6.45) is 5.09. The summed E-state index contributed by atoms with van der Waals surface area (Å²) in [4.78, 5) is 19.0. The van der Waals surface area contributed by atoms with E-state index in [1.807, 2.05) is 21.7 Å². The Labute approximate surface area is 131 Å². The van der Waals surface area contributed by atoms with Gasteiger partial charge in [0.25, 0.3) is 0 Å². The summed E-state index contributed by atoms with van der Waals surface area (Å²) in [5, 5.41) is 7.10. The number of piperidine rings is 1. The summed E-state index contributed by atoms with van der Waals surface area (Å²) in [6, 6.07) is 4.10. The summed E-state index contributed by atoms with van der Waals surface area (Å²) < 4.78 is 2.62. The summed E-state index contributed by atoms with van der Waals surface area (Å²) in [6.45, 7) is 2.00. The van der Waals surface area contributed by atoms with Gasteiger partial charge < -0.3 is 10.2 Å². The third-order valence-electron chi connectivity index (χ3n) is 3.61. The quantitative estimate of drug-likeness (QED) is 0.943. The van der Waals surface area contributed by atoms with Gasteiger partial charge in [0, 0.05) is 18.0 Å². The molecule has 3 rings (SSSR count). The molecule has 0 aliphatic carbocycles. The SMILES string of the molecule is O=C(NCc1ccc(Cl)s1)N1CCC(n2cncn2)CC1. The maximum absolute atomic E-state index is 12.1. The van der Waals surface area contributed by atoms with Crippen LogP contribution in [-0.2, 0) is 6.54 Å². The molecule has 1 aliphatic heterocycles. The van der Waals surface area contributed by atoms with E-state index in [4.69, 9.17) is 11.6 Å². The Morgan fingerprint density at radius 1 is 1.43 bits per heavy atom. The van der Waals surface area contributed by atoms with Crippen LogP contribution in [0.15, 0.2) is 24.8 Å². The van der Waals surface area contributed by atoms with Gasteiger partial charge in [0.15, 0.2) is 0 Å². The normalized spacial score (nSPS) is 16.1. The lowest BCUT2D eigenvalue weighted by Crippen LogP contribution is -2.44. The van der Waals surface area contributed by atoms with Gasteiger partial charge in [-0.3, -0.25) is 0 Å². The van der Waals surface area contributed by atoms with Crippen molar-refractivity contribution in [2.75, 3.05) is 13.1 Å². The fraction of sp³-hybridized carbons (Fsp3) is 0.462. The van der Waals surface area contributed by atoms with Crippen molar-refractivity contribution in [3.63, 3.8) is 0 Å². The summed E-state index contributed by atoms with van der Waals surface area (Å²) in [7, 11) is 0. The number of aromatic nitrogens is 3. The van der Waals surface area contributed by atoms with Crippen molar-refractivity contribution < 1.29 is 4.79 Å². The Balaban J connectivity index is 1.46. The van der Waals surface area contributed by atoms with Crippen LogP contribution >= 0.6 is 22.9 Å². The number of carbonyl (C=O) groups is 1. The molecule has 21 heavy (non-hydrogen) atoms. The average molecular weight is 326 g/mol. The van der Waals surface area contributed by atoms with Crippen molar-refractivity contribution in [2.24, 2.45) is 0 Å². The number of hydrogen-bond acceptors (Lipinski definition) is 4. The van der Waals surface area contributed by atoms with Crippen molar-refractivity contribution in [3.8, 4) is 0 Å². The number of halogens is 1. The van der Waals surface area contributed by atoms with E-state index in [0.29, 0.717) is 12.6 Å². The largest absolute Gasteiger partial charge is 0.333 e. The second-order valence-electron chi connectivity index (χ2n) is 4.96. The first-order chi connectivity index (χ1) is 10.2. The van der Waals surface area contributed by atoms with Crippen LogP contribution in [0.4, 0.5) is 4.79 Å². The smallest absolute Gasteiger partial charge is 0.317 e. The highest BCUT2D eigenvalue weighted by atomic mass is 35.5. The minimum Gasteiger partial charge on any atom is -0.333 e. The number of rotatable bonds is 3. The lowest BCUT2D eigenvalue weighted by molar-refractivity contribution is 0.168. The van der Waals surface area contributed by atoms with E-state index in [-0.39, 0.29) is 6.03 Å². The predicted octanol–water partition coefficient (Wildman–Crippen LogP) is 2.54. The summed E-state index contributed by atoms with van der Waals surface area (Å²) in [5.41, 5.74) is 0. The molecule has 112 valence electrons. The highest BCUT2D eigenvalue weighted by Gasteiger charge is 2.23. The third kappa shape index (κ3) is 3.54. The molecule has 0 spiro atoms. The molecule has 8 heteroatoms. The number of hydrogen-bond donors (Lipinski definition) is 1.